The van der Waals surface area contributed by atoms with E-state index in [0.717, 1.165) is 0 Å². The molecule has 172 valence electrons. The minimum atomic E-state index is -3.68. The molecule has 1 saturated heterocycles. The minimum absolute atomic E-state index is 0.122. The fourth-order valence-electron chi connectivity index (χ4n) is 3.62. The van der Waals surface area contributed by atoms with Gasteiger partial charge in [0, 0.05) is 24.2 Å². The fourth-order valence-corrected chi connectivity index (χ4v) is 5.23. The first kappa shape index (κ1) is 22.7. The Hall–Kier alpha value is -2.49. The predicted molar refractivity (Wildman–Crippen MR) is 117 cm³/mol. The largest absolute Gasteiger partial charge is 0.490 e. The minimum Gasteiger partial charge on any atom is -0.490 e. The standard InChI is InChI=1S/C22H24ClNO7S/c23-17-1-3-18(4-2-17)28-11-14-31-22(25)16-7-9-24(10-8-16)32(26,27)19-5-6-20-21(15-19)30-13-12-29-20/h1-6,15-16H,7-14H2. The van der Waals surface area contributed by atoms with Crippen LogP contribution in [-0.2, 0) is 19.6 Å². The van der Waals surface area contributed by atoms with Crippen molar-refractivity contribution in [2.45, 2.75) is 17.7 Å². The molecule has 0 radical (unpaired) electrons. The summed E-state index contributed by atoms with van der Waals surface area (Å²) in [6.07, 6.45) is 0.807. The number of fused-ring (bicyclic) bond motifs is 1. The summed E-state index contributed by atoms with van der Waals surface area (Å²) in [4.78, 5) is 12.5. The number of benzene rings is 2. The van der Waals surface area contributed by atoms with E-state index in [1.807, 2.05) is 0 Å². The molecule has 0 aromatic heterocycles. The molecule has 2 aromatic rings. The highest BCUT2D eigenvalue weighted by Crippen LogP contribution is 2.34. The Bertz CT molecular complexity index is 1050. The molecule has 8 nitrogen and oxygen atoms in total. The Morgan fingerprint density at radius 3 is 2.41 bits per heavy atom. The molecule has 0 N–H and O–H groups in total. The highest BCUT2D eigenvalue weighted by atomic mass is 35.5. The van der Waals surface area contributed by atoms with Gasteiger partial charge in [-0.25, -0.2) is 8.42 Å². The average molecular weight is 482 g/mol. The zero-order valence-corrected chi connectivity index (χ0v) is 18.9. The molecule has 2 aliphatic heterocycles. The highest BCUT2D eigenvalue weighted by Gasteiger charge is 2.33. The van der Waals surface area contributed by atoms with E-state index in [1.54, 1.807) is 30.3 Å². The van der Waals surface area contributed by atoms with Crippen molar-refractivity contribution in [2.24, 2.45) is 5.92 Å². The number of halogens is 1. The maximum atomic E-state index is 13.0. The first-order valence-electron chi connectivity index (χ1n) is 10.4. The Kier molecular flexibility index (Phi) is 7.07. The molecule has 0 spiro atoms. The molecule has 0 bridgehead atoms. The van der Waals surface area contributed by atoms with Crippen molar-refractivity contribution in [3.8, 4) is 17.2 Å². The number of rotatable bonds is 7. The lowest BCUT2D eigenvalue weighted by Gasteiger charge is -2.30. The van der Waals surface area contributed by atoms with Gasteiger partial charge in [-0.1, -0.05) is 11.6 Å². The second-order valence-corrected chi connectivity index (χ2v) is 9.83. The summed E-state index contributed by atoms with van der Waals surface area (Å²) < 4.78 is 49.2. The van der Waals surface area contributed by atoms with Gasteiger partial charge in [0.1, 0.15) is 32.2 Å². The van der Waals surface area contributed by atoms with Gasteiger partial charge in [-0.15, -0.1) is 0 Å². The Labute approximate surface area is 192 Å². The molecule has 0 saturated carbocycles. The molecule has 4 rings (SSSR count). The highest BCUT2D eigenvalue weighted by molar-refractivity contribution is 7.89. The fraction of sp³-hybridized carbons (Fsp3) is 0.409. The van der Waals surface area contributed by atoms with Crippen LogP contribution in [0.3, 0.4) is 0 Å². The lowest BCUT2D eigenvalue weighted by atomic mass is 9.98. The summed E-state index contributed by atoms with van der Waals surface area (Å²) in [5.74, 6) is 0.940. The molecule has 2 heterocycles. The number of hydrogen-bond acceptors (Lipinski definition) is 7. The van der Waals surface area contributed by atoms with E-state index in [0.29, 0.717) is 48.3 Å². The van der Waals surface area contributed by atoms with Crippen LogP contribution in [0.2, 0.25) is 5.02 Å². The van der Waals surface area contributed by atoms with Crippen molar-refractivity contribution in [3.63, 3.8) is 0 Å². The van der Waals surface area contributed by atoms with E-state index < -0.39 is 10.0 Å². The van der Waals surface area contributed by atoms with E-state index in [2.05, 4.69) is 0 Å². The summed E-state index contributed by atoms with van der Waals surface area (Å²) in [5.41, 5.74) is 0. The average Bonchev–Trinajstić information content (AvgIpc) is 2.82. The van der Waals surface area contributed by atoms with Crippen LogP contribution in [0.1, 0.15) is 12.8 Å². The van der Waals surface area contributed by atoms with E-state index in [-0.39, 0.29) is 43.1 Å². The van der Waals surface area contributed by atoms with E-state index in [1.165, 1.54) is 16.4 Å². The van der Waals surface area contributed by atoms with Crippen molar-refractivity contribution in [3.05, 3.63) is 47.5 Å². The smallest absolute Gasteiger partial charge is 0.309 e. The zero-order chi connectivity index (χ0) is 22.6. The van der Waals surface area contributed by atoms with Crippen molar-refractivity contribution in [2.75, 3.05) is 39.5 Å². The number of nitrogens with zero attached hydrogens (tertiary/aromatic N) is 1. The molecule has 2 aromatic carbocycles. The van der Waals surface area contributed by atoms with Crippen LogP contribution in [0.25, 0.3) is 0 Å². The van der Waals surface area contributed by atoms with Gasteiger partial charge in [-0.05, 0) is 49.2 Å². The molecular formula is C22H24ClNO7S. The maximum absolute atomic E-state index is 13.0. The normalized spacial score (nSPS) is 17.0. The van der Waals surface area contributed by atoms with Gasteiger partial charge < -0.3 is 18.9 Å². The maximum Gasteiger partial charge on any atom is 0.309 e. The number of carbonyl (C=O) groups excluding carboxylic acids is 1. The first-order valence-corrected chi connectivity index (χ1v) is 12.2. The van der Waals surface area contributed by atoms with Gasteiger partial charge in [-0.3, -0.25) is 4.79 Å². The summed E-state index contributed by atoms with van der Waals surface area (Å²) in [7, 11) is -3.68. The number of hydrogen-bond donors (Lipinski definition) is 0. The van der Waals surface area contributed by atoms with Gasteiger partial charge in [0.05, 0.1) is 10.8 Å². The summed E-state index contributed by atoms with van der Waals surface area (Å²) >= 11 is 5.83. The van der Waals surface area contributed by atoms with Crippen molar-refractivity contribution >= 4 is 27.6 Å². The third kappa shape index (κ3) is 5.28. The van der Waals surface area contributed by atoms with E-state index in [9.17, 15) is 13.2 Å². The van der Waals surface area contributed by atoms with Crippen LogP contribution in [-0.4, -0.2) is 58.2 Å². The van der Waals surface area contributed by atoms with Crippen LogP contribution in [0, 0.1) is 5.92 Å². The van der Waals surface area contributed by atoms with Gasteiger partial charge in [0.2, 0.25) is 10.0 Å². The van der Waals surface area contributed by atoms with Crippen LogP contribution in [0.15, 0.2) is 47.4 Å². The third-order valence-corrected chi connectivity index (χ3v) is 7.50. The topological polar surface area (TPSA) is 91.4 Å². The number of esters is 1. The zero-order valence-electron chi connectivity index (χ0n) is 17.4. The third-order valence-electron chi connectivity index (χ3n) is 5.35. The summed E-state index contributed by atoms with van der Waals surface area (Å²) in [6, 6.07) is 11.5. The number of piperidine rings is 1. The quantitative estimate of drug-likeness (QED) is 0.443. The van der Waals surface area contributed by atoms with E-state index >= 15 is 0 Å². The second kappa shape index (κ2) is 9.97. The van der Waals surface area contributed by atoms with Crippen LogP contribution in [0.4, 0.5) is 0 Å². The molecule has 0 aliphatic carbocycles. The number of ether oxygens (including phenoxy) is 4. The monoisotopic (exact) mass is 481 g/mol. The summed E-state index contributed by atoms with van der Waals surface area (Å²) in [5, 5.41) is 0.617. The van der Waals surface area contributed by atoms with Gasteiger partial charge >= 0.3 is 5.97 Å². The first-order chi connectivity index (χ1) is 15.4. The molecular weight excluding hydrogens is 458 g/mol. The van der Waals surface area contributed by atoms with Crippen molar-refractivity contribution in [1.29, 1.82) is 0 Å². The molecule has 0 unspecified atom stereocenters. The van der Waals surface area contributed by atoms with Crippen LogP contribution >= 0.6 is 11.6 Å². The van der Waals surface area contributed by atoms with Crippen LogP contribution in [0.5, 0.6) is 17.2 Å². The Morgan fingerprint density at radius 1 is 1.00 bits per heavy atom. The predicted octanol–water partition coefficient (Wildman–Crippen LogP) is 3.13. The SMILES string of the molecule is O=C(OCCOc1ccc(Cl)cc1)C1CCN(S(=O)(=O)c2ccc3c(c2)OCCO3)CC1. The number of carbonyl (C=O) groups is 1. The molecule has 2 aliphatic rings. The van der Waals surface area contributed by atoms with Crippen LogP contribution < -0.4 is 14.2 Å². The lowest BCUT2D eigenvalue weighted by Crippen LogP contribution is -2.40. The number of sulfonamides is 1. The molecule has 1 fully saturated rings. The molecule has 32 heavy (non-hydrogen) atoms. The molecule has 0 amide bonds. The van der Waals surface area contributed by atoms with Gasteiger partial charge in [-0.2, -0.15) is 4.31 Å². The second-order valence-electron chi connectivity index (χ2n) is 7.45. The Morgan fingerprint density at radius 2 is 1.69 bits per heavy atom. The van der Waals surface area contributed by atoms with Crippen molar-refractivity contribution in [1.82, 2.24) is 4.31 Å². The van der Waals surface area contributed by atoms with E-state index in [4.69, 9.17) is 30.5 Å². The molecule has 10 heteroatoms. The Balaban J connectivity index is 1.25. The van der Waals surface area contributed by atoms with Crippen molar-refractivity contribution < 1.29 is 32.2 Å². The van der Waals surface area contributed by atoms with Gasteiger partial charge in [0.15, 0.2) is 11.5 Å². The summed E-state index contributed by atoms with van der Waals surface area (Å²) in [6.45, 7) is 1.67. The lowest BCUT2D eigenvalue weighted by molar-refractivity contribution is -0.150. The van der Waals surface area contributed by atoms with Gasteiger partial charge in [0.25, 0.3) is 0 Å². The molecule has 0 atom stereocenters.